The predicted molar refractivity (Wildman–Crippen MR) is 128 cm³/mol. The van der Waals surface area contributed by atoms with E-state index in [0.717, 1.165) is 26.9 Å². The van der Waals surface area contributed by atoms with Gasteiger partial charge in [0.2, 0.25) is 10.0 Å². The average molecular weight is 452 g/mol. The van der Waals surface area contributed by atoms with Crippen LogP contribution in [0.1, 0.15) is 20.8 Å². The fourth-order valence-electron chi connectivity index (χ4n) is 3.72. The molecule has 4 aromatic rings. The van der Waals surface area contributed by atoms with Crippen molar-refractivity contribution in [2.45, 2.75) is 26.4 Å². The van der Waals surface area contributed by atoms with Gasteiger partial charge in [-0.25, -0.2) is 22.8 Å². The summed E-state index contributed by atoms with van der Waals surface area (Å²) in [6, 6.07) is 16.9. The van der Waals surface area contributed by atoms with E-state index in [4.69, 9.17) is 4.74 Å². The SMILES string of the molecule is CN(c1ncc2c(c1-c1ccccc1)c1ccccc1n2C(=O)OC(C)(C)C)S(C)(=O)=O. The van der Waals surface area contributed by atoms with Crippen LogP contribution in [0.15, 0.2) is 60.8 Å². The number of hydrogen-bond acceptors (Lipinski definition) is 5. The molecule has 2 aromatic heterocycles. The van der Waals surface area contributed by atoms with Crippen molar-refractivity contribution in [3.8, 4) is 11.1 Å². The highest BCUT2D eigenvalue weighted by atomic mass is 32.2. The molecule has 2 heterocycles. The highest BCUT2D eigenvalue weighted by Crippen LogP contribution is 2.41. The van der Waals surface area contributed by atoms with Gasteiger partial charge in [0.15, 0.2) is 0 Å². The maximum Gasteiger partial charge on any atom is 0.419 e. The lowest BCUT2D eigenvalue weighted by atomic mass is 10.0. The topological polar surface area (TPSA) is 81.5 Å². The third kappa shape index (κ3) is 3.82. The number of ether oxygens (including phenoxy) is 1. The number of nitrogens with zero attached hydrogens (tertiary/aromatic N) is 3. The number of para-hydroxylation sites is 1. The van der Waals surface area contributed by atoms with Gasteiger partial charge < -0.3 is 4.74 Å². The van der Waals surface area contributed by atoms with E-state index in [1.807, 2.05) is 75.4 Å². The number of rotatable bonds is 3. The second-order valence-electron chi connectivity index (χ2n) is 8.65. The molecule has 0 amide bonds. The maximum absolute atomic E-state index is 13.2. The molecule has 166 valence electrons. The molecule has 2 aromatic carbocycles. The number of carbonyl (C=O) groups is 1. The van der Waals surface area contributed by atoms with E-state index < -0.39 is 21.7 Å². The molecule has 0 unspecified atom stereocenters. The van der Waals surface area contributed by atoms with Gasteiger partial charge in [0.05, 0.1) is 23.5 Å². The average Bonchev–Trinajstić information content (AvgIpc) is 3.06. The Labute approximate surface area is 187 Å². The summed E-state index contributed by atoms with van der Waals surface area (Å²) in [6.07, 6.45) is 2.15. The Bertz CT molecular complexity index is 1440. The van der Waals surface area contributed by atoms with Crippen molar-refractivity contribution in [2.75, 3.05) is 17.6 Å². The normalized spacial score (nSPS) is 12.3. The molecule has 0 saturated carbocycles. The van der Waals surface area contributed by atoms with Crippen LogP contribution >= 0.6 is 0 Å². The number of carbonyl (C=O) groups excluding carboxylic acids is 1. The summed E-state index contributed by atoms with van der Waals surface area (Å²) in [5.41, 5.74) is 1.96. The summed E-state index contributed by atoms with van der Waals surface area (Å²) in [5, 5.41) is 1.54. The van der Waals surface area contributed by atoms with Crippen LogP contribution in [0.25, 0.3) is 32.9 Å². The molecule has 0 atom stereocenters. The Morgan fingerprint density at radius 1 is 1.00 bits per heavy atom. The zero-order chi connectivity index (χ0) is 23.3. The lowest BCUT2D eigenvalue weighted by molar-refractivity contribution is 0.0551. The first-order chi connectivity index (χ1) is 15.0. The van der Waals surface area contributed by atoms with Crippen molar-refractivity contribution in [1.82, 2.24) is 9.55 Å². The van der Waals surface area contributed by atoms with Crippen molar-refractivity contribution in [3.05, 3.63) is 60.8 Å². The summed E-state index contributed by atoms with van der Waals surface area (Å²) >= 11 is 0. The Balaban J connectivity index is 2.16. The number of benzene rings is 2. The number of pyridine rings is 1. The fourth-order valence-corrected chi connectivity index (χ4v) is 4.17. The largest absolute Gasteiger partial charge is 0.443 e. The molecule has 0 aliphatic rings. The van der Waals surface area contributed by atoms with Crippen LogP contribution in [0.3, 0.4) is 0 Å². The number of aromatic nitrogens is 2. The van der Waals surface area contributed by atoms with Crippen molar-refractivity contribution in [2.24, 2.45) is 0 Å². The van der Waals surface area contributed by atoms with Gasteiger partial charge in [-0.15, -0.1) is 0 Å². The zero-order valence-electron chi connectivity index (χ0n) is 18.7. The molecule has 0 aliphatic carbocycles. The lowest BCUT2D eigenvalue weighted by Crippen LogP contribution is -2.27. The van der Waals surface area contributed by atoms with Crippen molar-refractivity contribution < 1.29 is 17.9 Å². The van der Waals surface area contributed by atoms with E-state index in [0.29, 0.717) is 22.4 Å². The standard InChI is InChI=1S/C24H25N3O4S/c1-24(2,3)31-23(28)27-18-14-10-9-13-17(18)21-19(27)15-25-22(26(4)32(5,29)30)20(21)16-11-7-6-8-12-16/h6-15H,1-5H3. The van der Waals surface area contributed by atoms with Gasteiger partial charge in [0.25, 0.3) is 0 Å². The lowest BCUT2D eigenvalue weighted by Gasteiger charge is -2.21. The van der Waals surface area contributed by atoms with E-state index >= 15 is 0 Å². The van der Waals surface area contributed by atoms with Crippen LogP contribution in [-0.2, 0) is 14.8 Å². The quantitative estimate of drug-likeness (QED) is 0.436. The van der Waals surface area contributed by atoms with Crippen molar-refractivity contribution >= 4 is 43.7 Å². The first-order valence-corrected chi connectivity index (χ1v) is 12.0. The van der Waals surface area contributed by atoms with Crippen LogP contribution in [-0.4, -0.2) is 43.0 Å². The van der Waals surface area contributed by atoms with E-state index in [1.54, 1.807) is 0 Å². The molecular weight excluding hydrogens is 426 g/mol. The summed E-state index contributed by atoms with van der Waals surface area (Å²) in [4.78, 5) is 17.7. The highest BCUT2D eigenvalue weighted by Gasteiger charge is 2.27. The van der Waals surface area contributed by atoms with Gasteiger partial charge >= 0.3 is 6.09 Å². The number of anilines is 1. The summed E-state index contributed by atoms with van der Waals surface area (Å²) in [5.74, 6) is 0.290. The second kappa shape index (κ2) is 7.63. The molecule has 32 heavy (non-hydrogen) atoms. The van der Waals surface area contributed by atoms with Crippen molar-refractivity contribution in [1.29, 1.82) is 0 Å². The maximum atomic E-state index is 13.2. The Morgan fingerprint density at radius 3 is 2.25 bits per heavy atom. The first kappa shape index (κ1) is 21.8. The molecule has 8 heteroatoms. The summed E-state index contributed by atoms with van der Waals surface area (Å²) < 4.78 is 33.1. The Kier molecular flexibility index (Phi) is 5.21. The van der Waals surface area contributed by atoms with Gasteiger partial charge in [-0.2, -0.15) is 0 Å². The minimum atomic E-state index is -3.57. The minimum absolute atomic E-state index is 0.290. The van der Waals surface area contributed by atoms with Crippen LogP contribution in [0.5, 0.6) is 0 Å². The molecule has 0 bridgehead atoms. The van der Waals surface area contributed by atoms with Crippen LogP contribution in [0.2, 0.25) is 0 Å². The number of sulfonamides is 1. The molecule has 0 N–H and O–H groups in total. The van der Waals surface area contributed by atoms with Gasteiger partial charge in [0, 0.05) is 23.4 Å². The van der Waals surface area contributed by atoms with Gasteiger partial charge in [-0.3, -0.25) is 4.31 Å². The Morgan fingerprint density at radius 2 is 1.62 bits per heavy atom. The van der Waals surface area contributed by atoms with Crippen LogP contribution < -0.4 is 4.31 Å². The molecule has 0 fully saturated rings. The van der Waals surface area contributed by atoms with Crippen LogP contribution in [0.4, 0.5) is 10.6 Å². The van der Waals surface area contributed by atoms with E-state index in [2.05, 4.69) is 4.98 Å². The smallest absolute Gasteiger partial charge is 0.419 e. The Hall–Kier alpha value is -3.39. The summed E-state index contributed by atoms with van der Waals surface area (Å²) in [7, 11) is -2.09. The van der Waals surface area contributed by atoms with Gasteiger partial charge in [-0.1, -0.05) is 48.5 Å². The predicted octanol–water partition coefficient (Wildman–Crippen LogP) is 5.04. The number of fused-ring (bicyclic) bond motifs is 3. The van der Waals surface area contributed by atoms with E-state index in [-0.39, 0.29) is 0 Å². The molecule has 4 rings (SSSR count). The third-order valence-electron chi connectivity index (χ3n) is 5.13. The van der Waals surface area contributed by atoms with Crippen LogP contribution in [0, 0.1) is 0 Å². The monoisotopic (exact) mass is 451 g/mol. The minimum Gasteiger partial charge on any atom is -0.443 e. The molecular formula is C24H25N3O4S. The molecule has 0 spiro atoms. The van der Waals surface area contributed by atoms with Crippen molar-refractivity contribution in [3.63, 3.8) is 0 Å². The first-order valence-electron chi connectivity index (χ1n) is 10.1. The zero-order valence-corrected chi connectivity index (χ0v) is 19.5. The van der Waals surface area contributed by atoms with Gasteiger partial charge in [0.1, 0.15) is 11.4 Å². The number of hydrogen-bond donors (Lipinski definition) is 0. The van der Waals surface area contributed by atoms with E-state index in [9.17, 15) is 13.2 Å². The summed E-state index contributed by atoms with van der Waals surface area (Å²) in [6.45, 7) is 5.43. The highest BCUT2D eigenvalue weighted by molar-refractivity contribution is 7.92. The molecule has 7 nitrogen and oxygen atoms in total. The third-order valence-corrected chi connectivity index (χ3v) is 6.30. The molecule has 0 radical (unpaired) electrons. The molecule has 0 aliphatic heterocycles. The second-order valence-corrected chi connectivity index (χ2v) is 10.7. The fraction of sp³-hybridized carbons (Fsp3) is 0.250. The van der Waals surface area contributed by atoms with Gasteiger partial charge in [-0.05, 0) is 32.4 Å². The van der Waals surface area contributed by atoms with E-state index in [1.165, 1.54) is 17.8 Å². The molecule has 0 saturated heterocycles.